The molecular formula is C31H30N4O3. The minimum Gasteiger partial charge on any atom is -0.440 e. The summed E-state index contributed by atoms with van der Waals surface area (Å²) in [5.41, 5.74) is 11.0. The molecule has 1 fully saturated rings. The summed E-state index contributed by atoms with van der Waals surface area (Å²) in [6.07, 6.45) is 5.13. The monoisotopic (exact) mass is 506 g/mol. The van der Waals surface area contributed by atoms with E-state index in [0.29, 0.717) is 43.1 Å². The Bertz CT molecular complexity index is 1460. The normalized spacial score (nSPS) is 15.7. The molecule has 0 bridgehead atoms. The van der Waals surface area contributed by atoms with Crippen molar-refractivity contribution in [2.75, 3.05) is 11.9 Å². The summed E-state index contributed by atoms with van der Waals surface area (Å²) in [7, 11) is 0. The quantitative estimate of drug-likeness (QED) is 0.353. The third-order valence-electron chi connectivity index (χ3n) is 7.36. The zero-order valence-corrected chi connectivity index (χ0v) is 21.1. The molecule has 38 heavy (non-hydrogen) atoms. The molecule has 0 spiro atoms. The van der Waals surface area contributed by atoms with E-state index in [1.165, 1.54) is 0 Å². The molecule has 3 aromatic carbocycles. The number of hydrogen-bond donors (Lipinski definition) is 2. The van der Waals surface area contributed by atoms with Gasteiger partial charge in [0, 0.05) is 42.2 Å². The summed E-state index contributed by atoms with van der Waals surface area (Å²) in [6.45, 7) is 0.902. The van der Waals surface area contributed by atoms with Gasteiger partial charge in [0.05, 0.1) is 6.20 Å². The predicted molar refractivity (Wildman–Crippen MR) is 146 cm³/mol. The van der Waals surface area contributed by atoms with Crippen molar-refractivity contribution in [3.63, 3.8) is 0 Å². The fourth-order valence-corrected chi connectivity index (χ4v) is 5.05. The van der Waals surface area contributed by atoms with Gasteiger partial charge in [-0.25, -0.2) is 4.98 Å². The highest BCUT2D eigenvalue weighted by atomic mass is 16.4. The summed E-state index contributed by atoms with van der Waals surface area (Å²) in [4.78, 5) is 33.3. The molecule has 7 heteroatoms. The van der Waals surface area contributed by atoms with E-state index in [4.69, 9.17) is 10.2 Å². The van der Waals surface area contributed by atoms with Crippen LogP contribution in [-0.4, -0.2) is 34.3 Å². The minimum atomic E-state index is -0.651. The number of nitrogens with two attached hydrogens (primary N) is 1. The number of aromatic nitrogens is 1. The van der Waals surface area contributed by atoms with Gasteiger partial charge in [0.2, 0.25) is 5.91 Å². The number of nitrogens with one attached hydrogen (secondary N) is 1. The average molecular weight is 507 g/mol. The van der Waals surface area contributed by atoms with E-state index in [0.717, 1.165) is 46.7 Å². The number of amides is 2. The maximum absolute atomic E-state index is 13.7. The second-order valence-electron chi connectivity index (χ2n) is 10.1. The fourth-order valence-electron chi connectivity index (χ4n) is 5.05. The molecule has 1 saturated carbocycles. The molecule has 4 aromatic rings. The van der Waals surface area contributed by atoms with Crippen LogP contribution >= 0.6 is 0 Å². The van der Waals surface area contributed by atoms with Gasteiger partial charge < -0.3 is 20.4 Å². The Hall–Kier alpha value is -4.23. The molecule has 1 atom stereocenters. The summed E-state index contributed by atoms with van der Waals surface area (Å²) in [5, 5.41) is 3.04. The highest BCUT2D eigenvalue weighted by Gasteiger charge is 2.34. The zero-order valence-electron chi connectivity index (χ0n) is 21.1. The van der Waals surface area contributed by atoms with Crippen LogP contribution in [-0.2, 0) is 24.2 Å². The molecule has 2 aliphatic rings. The van der Waals surface area contributed by atoms with Gasteiger partial charge in [-0.3, -0.25) is 9.59 Å². The lowest BCUT2D eigenvalue weighted by molar-refractivity contribution is -0.120. The molecule has 2 heterocycles. The smallest absolute Gasteiger partial charge is 0.254 e. The molecule has 2 amide bonds. The van der Waals surface area contributed by atoms with Gasteiger partial charge in [0.1, 0.15) is 6.04 Å². The third kappa shape index (κ3) is 4.97. The Morgan fingerprint density at radius 1 is 1.05 bits per heavy atom. The van der Waals surface area contributed by atoms with Crippen LogP contribution in [0.5, 0.6) is 0 Å². The average Bonchev–Trinajstić information content (AvgIpc) is 3.69. The number of hydrogen-bond acceptors (Lipinski definition) is 5. The van der Waals surface area contributed by atoms with Crippen molar-refractivity contribution in [3.8, 4) is 11.3 Å². The van der Waals surface area contributed by atoms with Crippen molar-refractivity contribution in [2.24, 2.45) is 5.73 Å². The maximum Gasteiger partial charge on any atom is 0.254 e. The highest BCUT2D eigenvalue weighted by molar-refractivity contribution is 6.02. The lowest BCUT2D eigenvalue weighted by atomic mass is 9.94. The first-order chi connectivity index (χ1) is 18.6. The summed E-state index contributed by atoms with van der Waals surface area (Å²) in [5.74, 6) is 1.64. The van der Waals surface area contributed by atoms with Crippen molar-refractivity contribution in [1.82, 2.24) is 9.88 Å². The first kappa shape index (κ1) is 24.1. The highest BCUT2D eigenvalue weighted by Crippen LogP contribution is 2.40. The van der Waals surface area contributed by atoms with Crippen LogP contribution in [0.1, 0.15) is 51.7 Å². The van der Waals surface area contributed by atoms with Crippen LogP contribution in [0.15, 0.2) is 83.4 Å². The Labute approximate surface area is 221 Å². The van der Waals surface area contributed by atoms with Crippen LogP contribution in [0, 0.1) is 0 Å². The van der Waals surface area contributed by atoms with E-state index >= 15 is 0 Å². The molecule has 192 valence electrons. The summed E-state index contributed by atoms with van der Waals surface area (Å²) < 4.78 is 5.90. The van der Waals surface area contributed by atoms with Gasteiger partial charge in [0.25, 0.3) is 5.91 Å². The fraction of sp³-hybridized carbons (Fsp3) is 0.258. The summed E-state index contributed by atoms with van der Waals surface area (Å²) in [6, 6.07) is 22.4. The topological polar surface area (TPSA) is 101 Å². The van der Waals surface area contributed by atoms with Gasteiger partial charge in [0.15, 0.2) is 11.7 Å². The maximum atomic E-state index is 13.7. The second-order valence-corrected chi connectivity index (χ2v) is 10.1. The molecule has 1 aliphatic carbocycles. The number of rotatable bonds is 8. The van der Waals surface area contributed by atoms with E-state index in [-0.39, 0.29) is 11.8 Å². The number of benzene rings is 3. The van der Waals surface area contributed by atoms with Gasteiger partial charge in [-0.15, -0.1) is 0 Å². The molecular weight excluding hydrogens is 476 g/mol. The van der Waals surface area contributed by atoms with Crippen LogP contribution in [0.2, 0.25) is 0 Å². The molecule has 6 rings (SSSR count). The molecule has 0 radical (unpaired) electrons. The van der Waals surface area contributed by atoms with E-state index in [2.05, 4.69) is 10.3 Å². The van der Waals surface area contributed by atoms with Gasteiger partial charge in [-0.05, 0) is 66.3 Å². The Morgan fingerprint density at radius 3 is 2.58 bits per heavy atom. The lowest BCUT2D eigenvalue weighted by Crippen LogP contribution is -2.51. The Morgan fingerprint density at radius 2 is 1.84 bits per heavy atom. The molecule has 1 aromatic heterocycles. The minimum absolute atomic E-state index is 0.127. The Kier molecular flexibility index (Phi) is 6.52. The number of carbonyl (C=O) groups is 2. The van der Waals surface area contributed by atoms with E-state index in [9.17, 15) is 9.59 Å². The molecule has 7 nitrogen and oxygen atoms in total. The van der Waals surface area contributed by atoms with E-state index in [1.54, 1.807) is 11.1 Å². The van der Waals surface area contributed by atoms with Crippen LogP contribution in [0.4, 0.5) is 5.69 Å². The Balaban J connectivity index is 1.22. The van der Waals surface area contributed by atoms with Gasteiger partial charge >= 0.3 is 0 Å². The SMILES string of the molecule is NCc1ccc2c(c1)CCN(C(Cc1ccccc1)C(=O)Nc1ccc(-c3cnc(C4CC4)o3)cc1)C2=O. The first-order valence-corrected chi connectivity index (χ1v) is 13.1. The van der Waals surface area contributed by atoms with Crippen LogP contribution in [0.3, 0.4) is 0 Å². The molecule has 0 saturated heterocycles. The molecule has 3 N–H and O–H groups in total. The first-order valence-electron chi connectivity index (χ1n) is 13.1. The largest absolute Gasteiger partial charge is 0.440 e. The van der Waals surface area contributed by atoms with Gasteiger partial charge in [-0.1, -0.05) is 42.5 Å². The number of anilines is 1. The van der Waals surface area contributed by atoms with Crippen molar-refractivity contribution in [1.29, 1.82) is 0 Å². The lowest BCUT2D eigenvalue weighted by Gasteiger charge is -2.35. The zero-order chi connectivity index (χ0) is 26.1. The number of carbonyl (C=O) groups excluding carboxylic acids is 2. The molecule has 1 unspecified atom stereocenters. The number of oxazole rings is 1. The second kappa shape index (κ2) is 10.3. The molecule has 1 aliphatic heterocycles. The third-order valence-corrected chi connectivity index (χ3v) is 7.36. The standard InChI is InChI=1S/C31H30N4O3/c32-18-21-6-13-26-24(16-21)14-15-35(31(26)37)27(17-20-4-2-1-3-5-20)29(36)34-25-11-9-22(10-12-25)28-19-33-30(38-28)23-7-8-23/h1-6,9-13,16,19,23,27H,7-8,14-15,17-18,32H2,(H,34,36). The van der Waals surface area contributed by atoms with Crippen molar-refractivity contribution < 1.29 is 14.0 Å². The van der Waals surface area contributed by atoms with Crippen molar-refractivity contribution >= 4 is 17.5 Å². The summed E-state index contributed by atoms with van der Waals surface area (Å²) >= 11 is 0. The van der Waals surface area contributed by atoms with Crippen molar-refractivity contribution in [2.45, 2.75) is 44.2 Å². The predicted octanol–water partition coefficient (Wildman–Crippen LogP) is 4.93. The van der Waals surface area contributed by atoms with E-state index < -0.39 is 6.04 Å². The van der Waals surface area contributed by atoms with Crippen LogP contribution < -0.4 is 11.1 Å². The van der Waals surface area contributed by atoms with Gasteiger partial charge in [-0.2, -0.15) is 0 Å². The number of nitrogens with zero attached hydrogens (tertiary/aromatic N) is 2. The van der Waals surface area contributed by atoms with E-state index in [1.807, 2.05) is 72.8 Å². The van der Waals surface area contributed by atoms with Crippen LogP contribution in [0.25, 0.3) is 11.3 Å². The number of fused-ring (bicyclic) bond motifs is 1. The van der Waals surface area contributed by atoms with Crippen molar-refractivity contribution in [3.05, 3.63) is 107 Å².